The largest absolute Gasteiger partial charge is 0.366 e. The van der Waals surface area contributed by atoms with Crippen LogP contribution in [0.15, 0.2) is 6.07 Å². The number of aryl methyl sites for hydroxylation is 2. The number of nitrogens with two attached hydrogens (primary N) is 2. The molecule has 5 heteroatoms. The second-order valence-corrected chi connectivity index (χ2v) is 6.43. The highest BCUT2D eigenvalue weighted by Crippen LogP contribution is 2.40. The van der Waals surface area contributed by atoms with Crippen LogP contribution in [0.5, 0.6) is 0 Å². The number of halogens is 1. The van der Waals surface area contributed by atoms with Gasteiger partial charge in [0.15, 0.2) is 0 Å². The van der Waals surface area contributed by atoms with Crippen LogP contribution in [0.25, 0.3) is 10.9 Å². The number of benzene rings is 1. The van der Waals surface area contributed by atoms with Gasteiger partial charge >= 0.3 is 0 Å². The Morgan fingerprint density at radius 3 is 2.73 bits per heavy atom. The number of primary amides is 1. The number of carbonyl (C=O) groups is 1. The minimum atomic E-state index is -0.614. The molecule has 5 N–H and O–H groups in total. The molecular weight excluding hydrogens is 281 g/mol. The summed E-state index contributed by atoms with van der Waals surface area (Å²) >= 11 is 0. The van der Waals surface area contributed by atoms with Gasteiger partial charge in [0.25, 0.3) is 5.91 Å². The van der Waals surface area contributed by atoms with Crippen molar-refractivity contribution in [2.75, 3.05) is 0 Å². The molecule has 0 spiro atoms. The first kappa shape index (κ1) is 15.0. The van der Waals surface area contributed by atoms with Crippen LogP contribution in [-0.2, 0) is 0 Å². The summed E-state index contributed by atoms with van der Waals surface area (Å²) < 4.78 is 14.8. The van der Waals surface area contributed by atoms with Crippen LogP contribution in [0, 0.1) is 19.7 Å². The van der Waals surface area contributed by atoms with Gasteiger partial charge < -0.3 is 16.5 Å². The van der Waals surface area contributed by atoms with Crippen molar-refractivity contribution in [2.24, 2.45) is 11.5 Å². The minimum Gasteiger partial charge on any atom is -0.366 e. The molecule has 118 valence electrons. The van der Waals surface area contributed by atoms with Crippen molar-refractivity contribution in [3.63, 3.8) is 0 Å². The van der Waals surface area contributed by atoms with Gasteiger partial charge in [-0.2, -0.15) is 0 Å². The Balaban J connectivity index is 2.28. The van der Waals surface area contributed by atoms with Crippen molar-refractivity contribution in [3.8, 4) is 0 Å². The zero-order chi connectivity index (χ0) is 16.0. The molecule has 2 atom stereocenters. The maximum atomic E-state index is 14.8. The molecule has 1 aliphatic carbocycles. The molecule has 1 heterocycles. The Kier molecular flexibility index (Phi) is 3.68. The van der Waals surface area contributed by atoms with Gasteiger partial charge in [0.2, 0.25) is 0 Å². The molecule has 1 amide bonds. The summed E-state index contributed by atoms with van der Waals surface area (Å²) in [5.74, 6) is -0.860. The number of nitrogens with one attached hydrogen (secondary N) is 1. The van der Waals surface area contributed by atoms with Crippen LogP contribution in [0.3, 0.4) is 0 Å². The molecule has 0 radical (unpaired) electrons. The number of carbonyl (C=O) groups excluding carboxylic acids is 1. The molecule has 1 unspecified atom stereocenters. The number of hydrogen-bond acceptors (Lipinski definition) is 2. The quantitative estimate of drug-likeness (QED) is 0.796. The standard InChI is InChI=1S/C17H22FN3O/c1-8-9(2)21-16-12(17(20)22)7-13(18)15(14(8)16)10-4-3-5-11(19)6-10/h7,10-11,21H,3-6,19H2,1-2H3,(H2,20,22)/t10?,11-/m0/s1. The zero-order valence-electron chi connectivity index (χ0n) is 13.0. The number of aromatic amines is 1. The third kappa shape index (κ3) is 2.29. The third-order valence-corrected chi connectivity index (χ3v) is 4.96. The van der Waals surface area contributed by atoms with Gasteiger partial charge in [0.05, 0.1) is 11.1 Å². The van der Waals surface area contributed by atoms with Crippen LogP contribution in [0.4, 0.5) is 4.39 Å². The van der Waals surface area contributed by atoms with E-state index in [1.54, 1.807) is 0 Å². The fourth-order valence-corrected chi connectivity index (χ4v) is 3.74. The van der Waals surface area contributed by atoms with Crippen molar-refractivity contribution in [2.45, 2.75) is 51.5 Å². The van der Waals surface area contributed by atoms with E-state index in [1.165, 1.54) is 6.07 Å². The van der Waals surface area contributed by atoms with Crippen molar-refractivity contribution < 1.29 is 9.18 Å². The molecular formula is C17H22FN3O. The van der Waals surface area contributed by atoms with Gasteiger partial charge in [-0.25, -0.2) is 4.39 Å². The van der Waals surface area contributed by atoms with E-state index in [0.29, 0.717) is 11.1 Å². The van der Waals surface area contributed by atoms with Crippen LogP contribution in [0.1, 0.15) is 58.8 Å². The topological polar surface area (TPSA) is 84.9 Å². The highest BCUT2D eigenvalue weighted by Gasteiger charge is 2.28. The molecule has 1 fully saturated rings. The van der Waals surface area contributed by atoms with Crippen molar-refractivity contribution in [1.82, 2.24) is 4.98 Å². The summed E-state index contributed by atoms with van der Waals surface area (Å²) in [6.07, 6.45) is 3.71. The minimum absolute atomic E-state index is 0.0991. The first-order valence-corrected chi connectivity index (χ1v) is 7.76. The van der Waals surface area contributed by atoms with E-state index in [4.69, 9.17) is 11.5 Å². The maximum Gasteiger partial charge on any atom is 0.250 e. The van der Waals surface area contributed by atoms with Crippen molar-refractivity contribution in [3.05, 3.63) is 34.3 Å². The normalized spacial score (nSPS) is 22.2. The van der Waals surface area contributed by atoms with E-state index in [2.05, 4.69) is 4.98 Å². The lowest BCUT2D eigenvalue weighted by molar-refractivity contribution is 0.100. The summed E-state index contributed by atoms with van der Waals surface area (Å²) in [6, 6.07) is 1.39. The van der Waals surface area contributed by atoms with E-state index in [-0.39, 0.29) is 23.3 Å². The molecule has 4 nitrogen and oxygen atoms in total. The van der Waals surface area contributed by atoms with E-state index >= 15 is 0 Å². The lowest BCUT2D eigenvalue weighted by Crippen LogP contribution is -2.27. The Hall–Kier alpha value is -1.88. The molecule has 2 aromatic rings. The smallest absolute Gasteiger partial charge is 0.250 e. The van der Waals surface area contributed by atoms with Crippen LogP contribution in [0.2, 0.25) is 0 Å². The monoisotopic (exact) mass is 303 g/mol. The molecule has 0 saturated heterocycles. The number of H-pyrrole nitrogens is 1. The first-order valence-electron chi connectivity index (χ1n) is 7.76. The van der Waals surface area contributed by atoms with Gasteiger partial charge in [0, 0.05) is 22.7 Å². The van der Waals surface area contributed by atoms with Crippen molar-refractivity contribution >= 4 is 16.8 Å². The van der Waals surface area contributed by atoms with Gasteiger partial charge in [-0.3, -0.25) is 4.79 Å². The fraction of sp³-hybridized carbons (Fsp3) is 0.471. The highest BCUT2D eigenvalue weighted by molar-refractivity contribution is 6.07. The summed E-state index contributed by atoms with van der Waals surface area (Å²) in [6.45, 7) is 3.87. The van der Waals surface area contributed by atoms with Crippen LogP contribution in [-0.4, -0.2) is 16.9 Å². The molecule has 1 aromatic heterocycles. The maximum absolute atomic E-state index is 14.8. The number of hydrogen-bond donors (Lipinski definition) is 3. The summed E-state index contributed by atoms with van der Waals surface area (Å²) in [5.41, 5.74) is 15.0. The number of amides is 1. The van der Waals surface area contributed by atoms with Gasteiger partial charge in [-0.15, -0.1) is 0 Å². The predicted octanol–water partition coefficient (Wildman–Crippen LogP) is 3.01. The number of aromatic nitrogens is 1. The summed E-state index contributed by atoms with van der Waals surface area (Å²) in [4.78, 5) is 14.8. The Morgan fingerprint density at radius 1 is 1.36 bits per heavy atom. The second kappa shape index (κ2) is 5.39. The SMILES string of the molecule is Cc1[nH]c2c(C(N)=O)cc(F)c(C3CCC[C@H](N)C3)c2c1C. The van der Waals surface area contributed by atoms with E-state index in [9.17, 15) is 9.18 Å². The average Bonchev–Trinajstić information content (AvgIpc) is 2.74. The highest BCUT2D eigenvalue weighted by atomic mass is 19.1. The Bertz CT molecular complexity index is 750. The van der Waals surface area contributed by atoms with E-state index < -0.39 is 5.91 Å². The van der Waals surface area contributed by atoms with Crippen molar-refractivity contribution in [1.29, 1.82) is 0 Å². The number of rotatable bonds is 2. The molecule has 1 aliphatic rings. The second-order valence-electron chi connectivity index (χ2n) is 6.43. The molecule has 1 aromatic carbocycles. The lowest BCUT2D eigenvalue weighted by Gasteiger charge is -2.28. The summed E-state index contributed by atoms with van der Waals surface area (Å²) in [5, 5.41) is 0.811. The van der Waals surface area contributed by atoms with E-state index in [0.717, 1.165) is 42.3 Å². The molecule has 22 heavy (non-hydrogen) atoms. The molecule has 3 rings (SSSR count). The van der Waals surface area contributed by atoms with Crippen LogP contribution < -0.4 is 11.5 Å². The van der Waals surface area contributed by atoms with Gasteiger partial charge in [0.1, 0.15) is 5.82 Å². The number of fused-ring (bicyclic) bond motifs is 1. The van der Waals surface area contributed by atoms with E-state index in [1.807, 2.05) is 13.8 Å². The average molecular weight is 303 g/mol. The predicted molar refractivity (Wildman–Crippen MR) is 85.4 cm³/mol. The molecule has 0 aliphatic heterocycles. The van der Waals surface area contributed by atoms with Gasteiger partial charge in [-0.1, -0.05) is 6.42 Å². The van der Waals surface area contributed by atoms with Crippen LogP contribution >= 0.6 is 0 Å². The Morgan fingerprint density at radius 2 is 2.09 bits per heavy atom. The summed E-state index contributed by atoms with van der Waals surface area (Å²) in [7, 11) is 0. The fourth-order valence-electron chi connectivity index (χ4n) is 3.74. The van der Waals surface area contributed by atoms with Gasteiger partial charge in [-0.05, 0) is 50.7 Å². The third-order valence-electron chi connectivity index (χ3n) is 4.96. The lowest BCUT2D eigenvalue weighted by atomic mass is 9.79. The Labute approximate surface area is 129 Å². The molecule has 0 bridgehead atoms. The first-order chi connectivity index (χ1) is 10.4. The molecule has 1 saturated carbocycles. The zero-order valence-corrected chi connectivity index (χ0v) is 13.0.